The topological polar surface area (TPSA) is 79.2 Å². The Hall–Kier alpha value is -3.20. The van der Waals surface area contributed by atoms with Gasteiger partial charge in [-0.1, -0.05) is 6.07 Å². The maximum absolute atomic E-state index is 13.6. The first kappa shape index (κ1) is 16.2. The number of esters is 1. The Morgan fingerprint density at radius 3 is 2.74 bits per heavy atom. The number of carbonyl (C=O) groups excluding carboxylic acids is 2. The van der Waals surface area contributed by atoms with Gasteiger partial charge >= 0.3 is 5.97 Å². The summed E-state index contributed by atoms with van der Waals surface area (Å²) in [4.78, 5) is 23.0. The van der Waals surface area contributed by atoms with Crippen LogP contribution in [0, 0.1) is 17.1 Å². The molecule has 6 heteroatoms. The molecule has 5 nitrogen and oxygen atoms in total. The molecule has 2 aromatic carbocycles. The molecule has 2 rings (SSSR count). The molecule has 0 aliphatic rings. The van der Waals surface area contributed by atoms with Gasteiger partial charge in [0.25, 0.3) is 0 Å². The van der Waals surface area contributed by atoms with E-state index < -0.39 is 11.8 Å². The van der Waals surface area contributed by atoms with Gasteiger partial charge in [-0.3, -0.25) is 4.79 Å². The lowest BCUT2D eigenvalue weighted by Gasteiger charge is -2.08. The number of rotatable bonds is 4. The highest BCUT2D eigenvalue weighted by atomic mass is 19.1. The van der Waals surface area contributed by atoms with Crippen molar-refractivity contribution in [3.05, 3.63) is 65.0 Å². The minimum absolute atomic E-state index is 0.121. The molecule has 2 aromatic rings. The van der Waals surface area contributed by atoms with Crippen molar-refractivity contribution in [2.75, 3.05) is 5.32 Å². The Bertz CT molecular complexity index is 797. The molecule has 0 unspecified atom stereocenters. The van der Waals surface area contributed by atoms with Crippen molar-refractivity contribution in [1.29, 1.82) is 5.26 Å². The monoisotopic (exact) mass is 312 g/mol. The predicted octanol–water partition coefficient (Wildman–Crippen LogP) is 3.01. The van der Waals surface area contributed by atoms with Crippen LogP contribution in [0.3, 0.4) is 0 Å². The third kappa shape index (κ3) is 4.38. The maximum Gasteiger partial charge on any atom is 0.338 e. The fraction of sp³-hybridized carbons (Fsp3) is 0.118. The Morgan fingerprint density at radius 1 is 1.26 bits per heavy atom. The number of halogens is 1. The van der Waals surface area contributed by atoms with E-state index in [-0.39, 0.29) is 29.2 Å². The molecular weight excluding hydrogens is 299 g/mol. The molecule has 0 aromatic heterocycles. The SMILES string of the molecule is CC(=O)Nc1cccc(C(=O)OCc2cc(C#N)ccc2F)c1. The van der Waals surface area contributed by atoms with Crippen LogP contribution in [0.5, 0.6) is 0 Å². The fourth-order valence-electron chi connectivity index (χ4n) is 1.91. The quantitative estimate of drug-likeness (QED) is 0.880. The summed E-state index contributed by atoms with van der Waals surface area (Å²) in [6.45, 7) is 1.07. The number of hydrogen-bond acceptors (Lipinski definition) is 4. The smallest absolute Gasteiger partial charge is 0.338 e. The lowest BCUT2D eigenvalue weighted by Crippen LogP contribution is -2.09. The van der Waals surface area contributed by atoms with Crippen LogP contribution in [0.1, 0.15) is 28.4 Å². The average Bonchev–Trinajstić information content (AvgIpc) is 2.53. The molecule has 1 amide bonds. The predicted molar refractivity (Wildman–Crippen MR) is 81.0 cm³/mol. The number of anilines is 1. The van der Waals surface area contributed by atoms with Crippen molar-refractivity contribution in [1.82, 2.24) is 0 Å². The van der Waals surface area contributed by atoms with Crippen molar-refractivity contribution in [3.63, 3.8) is 0 Å². The molecule has 0 bridgehead atoms. The molecule has 0 aliphatic heterocycles. The largest absolute Gasteiger partial charge is 0.457 e. The van der Waals surface area contributed by atoms with E-state index in [1.54, 1.807) is 12.1 Å². The van der Waals surface area contributed by atoms with Gasteiger partial charge in [0, 0.05) is 18.2 Å². The minimum Gasteiger partial charge on any atom is -0.457 e. The van der Waals surface area contributed by atoms with Crippen LogP contribution in [0.2, 0.25) is 0 Å². The summed E-state index contributed by atoms with van der Waals surface area (Å²) in [5.74, 6) is -1.46. The zero-order chi connectivity index (χ0) is 16.8. The van der Waals surface area contributed by atoms with Crippen LogP contribution in [-0.4, -0.2) is 11.9 Å². The third-order valence-electron chi connectivity index (χ3n) is 2.95. The van der Waals surface area contributed by atoms with E-state index in [0.717, 1.165) is 6.07 Å². The van der Waals surface area contributed by atoms with Gasteiger partial charge in [0.15, 0.2) is 0 Å². The molecule has 23 heavy (non-hydrogen) atoms. The number of amides is 1. The standard InChI is InChI=1S/C17H13FN2O3/c1-11(21)20-15-4-2-3-13(8-15)17(22)23-10-14-7-12(9-19)5-6-16(14)18/h2-8H,10H2,1H3,(H,20,21). The zero-order valence-corrected chi connectivity index (χ0v) is 12.3. The van der Waals surface area contributed by atoms with Crippen LogP contribution in [0.25, 0.3) is 0 Å². The van der Waals surface area contributed by atoms with Crippen molar-refractivity contribution in [2.45, 2.75) is 13.5 Å². The normalized spacial score (nSPS) is 9.78. The van der Waals surface area contributed by atoms with Crippen molar-refractivity contribution >= 4 is 17.6 Å². The summed E-state index contributed by atoms with van der Waals surface area (Å²) >= 11 is 0. The highest BCUT2D eigenvalue weighted by molar-refractivity contribution is 5.93. The summed E-state index contributed by atoms with van der Waals surface area (Å²) in [6, 6.07) is 11.9. The van der Waals surface area contributed by atoms with E-state index in [4.69, 9.17) is 10.00 Å². The molecule has 0 saturated heterocycles. The van der Waals surface area contributed by atoms with Crippen molar-refractivity contribution in [2.24, 2.45) is 0 Å². The van der Waals surface area contributed by atoms with Crippen molar-refractivity contribution in [3.8, 4) is 6.07 Å². The molecule has 0 heterocycles. The summed E-state index contributed by atoms with van der Waals surface area (Å²) in [5.41, 5.74) is 1.10. The summed E-state index contributed by atoms with van der Waals surface area (Å²) in [7, 11) is 0. The summed E-state index contributed by atoms with van der Waals surface area (Å²) < 4.78 is 18.7. The van der Waals surface area contributed by atoms with Gasteiger partial charge in [-0.25, -0.2) is 9.18 Å². The molecule has 0 saturated carbocycles. The van der Waals surface area contributed by atoms with E-state index in [1.807, 2.05) is 6.07 Å². The Morgan fingerprint density at radius 2 is 2.04 bits per heavy atom. The van der Waals surface area contributed by atoms with Gasteiger partial charge in [0.2, 0.25) is 5.91 Å². The average molecular weight is 312 g/mol. The first-order chi connectivity index (χ1) is 11.0. The number of ether oxygens (including phenoxy) is 1. The Kier molecular flexibility index (Phi) is 5.05. The fourth-order valence-corrected chi connectivity index (χ4v) is 1.91. The lowest BCUT2D eigenvalue weighted by atomic mass is 10.1. The van der Waals surface area contributed by atoms with E-state index in [9.17, 15) is 14.0 Å². The summed E-state index contributed by atoms with van der Waals surface area (Å²) in [5, 5.41) is 11.4. The second kappa shape index (κ2) is 7.18. The number of nitrogens with zero attached hydrogens (tertiary/aromatic N) is 1. The van der Waals surface area contributed by atoms with Crippen molar-refractivity contribution < 1.29 is 18.7 Å². The summed E-state index contributed by atoms with van der Waals surface area (Å²) in [6.07, 6.45) is 0. The zero-order valence-electron chi connectivity index (χ0n) is 12.3. The molecule has 0 atom stereocenters. The van der Waals surface area contributed by atoms with E-state index >= 15 is 0 Å². The van der Waals surface area contributed by atoms with Gasteiger partial charge in [0.05, 0.1) is 17.2 Å². The second-order valence-electron chi connectivity index (χ2n) is 4.76. The number of nitrogens with one attached hydrogen (secondary N) is 1. The maximum atomic E-state index is 13.6. The number of carbonyl (C=O) groups is 2. The number of hydrogen-bond donors (Lipinski definition) is 1. The highest BCUT2D eigenvalue weighted by Gasteiger charge is 2.11. The lowest BCUT2D eigenvalue weighted by molar-refractivity contribution is -0.114. The first-order valence-corrected chi connectivity index (χ1v) is 6.73. The number of nitriles is 1. The molecule has 0 radical (unpaired) electrons. The van der Waals surface area contributed by atoms with Crippen LogP contribution < -0.4 is 5.32 Å². The third-order valence-corrected chi connectivity index (χ3v) is 2.95. The highest BCUT2D eigenvalue weighted by Crippen LogP contribution is 2.15. The van der Waals surface area contributed by atoms with E-state index in [2.05, 4.69) is 5.32 Å². The Balaban J connectivity index is 2.08. The minimum atomic E-state index is -0.654. The molecular formula is C17H13FN2O3. The first-order valence-electron chi connectivity index (χ1n) is 6.73. The van der Waals surface area contributed by atoms with Gasteiger partial charge in [-0.15, -0.1) is 0 Å². The van der Waals surface area contributed by atoms with Gasteiger partial charge in [0.1, 0.15) is 12.4 Å². The van der Waals surface area contributed by atoms with Crippen LogP contribution in [0.15, 0.2) is 42.5 Å². The van der Waals surface area contributed by atoms with Crippen LogP contribution in [0.4, 0.5) is 10.1 Å². The van der Waals surface area contributed by atoms with E-state index in [1.165, 1.54) is 31.2 Å². The van der Waals surface area contributed by atoms with Crippen LogP contribution in [-0.2, 0) is 16.1 Å². The van der Waals surface area contributed by atoms with Crippen LogP contribution >= 0.6 is 0 Å². The second-order valence-corrected chi connectivity index (χ2v) is 4.76. The van der Waals surface area contributed by atoms with Gasteiger partial charge < -0.3 is 10.1 Å². The van der Waals surface area contributed by atoms with Gasteiger partial charge in [-0.05, 0) is 36.4 Å². The van der Waals surface area contributed by atoms with E-state index in [0.29, 0.717) is 5.69 Å². The number of benzene rings is 2. The molecule has 0 aliphatic carbocycles. The molecule has 1 N–H and O–H groups in total. The Labute approximate surface area is 132 Å². The molecule has 116 valence electrons. The molecule has 0 spiro atoms. The molecule has 0 fully saturated rings. The van der Waals surface area contributed by atoms with Gasteiger partial charge in [-0.2, -0.15) is 5.26 Å².